The van der Waals surface area contributed by atoms with Crippen LogP contribution in [0.25, 0.3) is 0 Å². The predicted molar refractivity (Wildman–Crippen MR) is 101 cm³/mol. The third kappa shape index (κ3) is 3.70. The molecule has 10 heteroatoms. The summed E-state index contributed by atoms with van der Waals surface area (Å²) < 4.78 is 51.4. The number of hydrazone groups is 1. The van der Waals surface area contributed by atoms with Gasteiger partial charge in [0, 0.05) is 11.4 Å². The van der Waals surface area contributed by atoms with Crippen molar-refractivity contribution in [3.63, 3.8) is 0 Å². The average Bonchev–Trinajstić information content (AvgIpc) is 3.31. The molecule has 30 heavy (non-hydrogen) atoms. The van der Waals surface area contributed by atoms with Gasteiger partial charge in [-0.1, -0.05) is 29.8 Å². The van der Waals surface area contributed by atoms with Crippen molar-refractivity contribution < 1.29 is 32.5 Å². The van der Waals surface area contributed by atoms with Crippen LogP contribution in [-0.4, -0.2) is 40.4 Å². The highest BCUT2D eigenvalue weighted by molar-refractivity contribution is 6.30. The van der Waals surface area contributed by atoms with Gasteiger partial charge in [-0.3, -0.25) is 4.79 Å². The quantitative estimate of drug-likeness (QED) is 0.783. The largest absolute Gasteiger partial charge is 0.454 e. The molecule has 2 aliphatic heterocycles. The van der Waals surface area contributed by atoms with E-state index in [1.54, 1.807) is 18.2 Å². The molecule has 1 amide bonds. The van der Waals surface area contributed by atoms with Crippen LogP contribution in [0.1, 0.15) is 24.0 Å². The number of halogens is 4. The van der Waals surface area contributed by atoms with Gasteiger partial charge in [-0.25, -0.2) is 0 Å². The van der Waals surface area contributed by atoms with E-state index in [1.165, 1.54) is 24.3 Å². The molecule has 0 bridgehead atoms. The molecule has 0 spiro atoms. The highest BCUT2D eigenvalue weighted by Crippen LogP contribution is 2.42. The van der Waals surface area contributed by atoms with Crippen molar-refractivity contribution in [1.82, 2.24) is 5.01 Å². The standard InChI is InChI=1S/C20H16ClF3N2O4/c21-14-5-3-13(4-6-14)15-10-19(28,20(22,23)24)26(25-15)18(27)8-2-12-1-7-16-17(9-12)30-11-29-16/h1,3-7,9,28H,2,8,10-11H2/t19-/m1/s1. The summed E-state index contributed by atoms with van der Waals surface area (Å²) in [6.45, 7) is 0.0896. The molecule has 0 unspecified atom stereocenters. The second kappa shape index (κ2) is 7.48. The highest BCUT2D eigenvalue weighted by Gasteiger charge is 2.63. The molecule has 0 aromatic heterocycles. The molecule has 158 valence electrons. The first-order chi connectivity index (χ1) is 14.2. The fourth-order valence-corrected chi connectivity index (χ4v) is 3.41. The lowest BCUT2D eigenvalue weighted by molar-refractivity contribution is -0.302. The van der Waals surface area contributed by atoms with Crippen molar-refractivity contribution in [1.29, 1.82) is 0 Å². The Labute approximate surface area is 174 Å². The van der Waals surface area contributed by atoms with Crippen molar-refractivity contribution in [3.8, 4) is 11.5 Å². The number of ether oxygens (including phenoxy) is 2. The van der Waals surface area contributed by atoms with Gasteiger partial charge in [0.1, 0.15) is 0 Å². The predicted octanol–water partition coefficient (Wildman–Crippen LogP) is 3.89. The fraction of sp³-hybridized carbons (Fsp3) is 0.300. The Hall–Kier alpha value is -2.78. The highest BCUT2D eigenvalue weighted by atomic mass is 35.5. The van der Waals surface area contributed by atoms with Gasteiger partial charge in [-0.15, -0.1) is 0 Å². The van der Waals surface area contributed by atoms with E-state index in [0.29, 0.717) is 27.6 Å². The summed E-state index contributed by atoms with van der Waals surface area (Å²) >= 11 is 5.81. The monoisotopic (exact) mass is 440 g/mol. The van der Waals surface area contributed by atoms with Gasteiger partial charge in [0.2, 0.25) is 12.7 Å². The van der Waals surface area contributed by atoms with Crippen molar-refractivity contribution in [2.75, 3.05) is 6.79 Å². The molecule has 4 rings (SSSR count). The van der Waals surface area contributed by atoms with Gasteiger partial charge in [0.15, 0.2) is 11.5 Å². The molecule has 2 aliphatic rings. The lowest BCUT2D eigenvalue weighted by Crippen LogP contribution is -2.56. The number of amides is 1. The summed E-state index contributed by atoms with van der Waals surface area (Å²) in [6.07, 6.45) is -6.09. The van der Waals surface area contributed by atoms with Gasteiger partial charge >= 0.3 is 6.18 Å². The Balaban J connectivity index is 1.55. The Bertz CT molecular complexity index is 1010. The van der Waals surface area contributed by atoms with Gasteiger partial charge < -0.3 is 14.6 Å². The zero-order chi connectivity index (χ0) is 21.5. The first kappa shape index (κ1) is 20.5. The summed E-state index contributed by atoms with van der Waals surface area (Å²) in [7, 11) is 0. The maximum Gasteiger partial charge on any atom is 0.438 e. The number of aliphatic hydroxyl groups is 1. The summed E-state index contributed by atoms with van der Waals surface area (Å²) in [4.78, 5) is 12.6. The molecule has 2 heterocycles. The first-order valence-corrected chi connectivity index (χ1v) is 9.39. The fourth-order valence-electron chi connectivity index (χ4n) is 3.29. The maximum absolute atomic E-state index is 13.7. The van der Waals surface area contributed by atoms with E-state index >= 15 is 0 Å². The molecule has 2 aromatic rings. The number of hydrogen-bond donors (Lipinski definition) is 1. The van der Waals surface area contributed by atoms with Crippen molar-refractivity contribution >= 4 is 23.2 Å². The zero-order valence-corrected chi connectivity index (χ0v) is 16.2. The van der Waals surface area contributed by atoms with Crippen molar-refractivity contribution in [3.05, 3.63) is 58.6 Å². The van der Waals surface area contributed by atoms with Crippen LogP contribution in [0.3, 0.4) is 0 Å². The second-order valence-electron chi connectivity index (χ2n) is 6.94. The molecular formula is C20H16ClF3N2O4. The number of benzene rings is 2. The van der Waals surface area contributed by atoms with E-state index in [9.17, 15) is 23.1 Å². The van der Waals surface area contributed by atoms with Crippen molar-refractivity contribution in [2.24, 2.45) is 5.10 Å². The molecule has 0 fully saturated rings. The Morgan fingerprint density at radius 1 is 1.17 bits per heavy atom. The van der Waals surface area contributed by atoms with Gasteiger partial charge in [-0.05, 0) is 41.8 Å². The number of alkyl halides is 3. The van der Waals surface area contributed by atoms with E-state index in [-0.39, 0.29) is 30.4 Å². The van der Waals surface area contributed by atoms with E-state index in [1.807, 2.05) is 0 Å². The molecule has 2 aromatic carbocycles. The van der Waals surface area contributed by atoms with Gasteiger partial charge in [0.25, 0.3) is 5.72 Å². The Kier molecular flexibility index (Phi) is 5.11. The molecule has 6 nitrogen and oxygen atoms in total. The number of nitrogens with zero attached hydrogens (tertiary/aromatic N) is 2. The normalized spacial score (nSPS) is 20.4. The van der Waals surface area contributed by atoms with Crippen LogP contribution in [0.2, 0.25) is 5.02 Å². The molecule has 1 N–H and O–H groups in total. The van der Waals surface area contributed by atoms with Crippen molar-refractivity contribution in [2.45, 2.75) is 31.2 Å². The molecule has 1 atom stereocenters. The number of aryl methyl sites for hydroxylation is 1. The molecular weight excluding hydrogens is 425 g/mol. The van der Waals surface area contributed by atoms with Crippen LogP contribution in [0.4, 0.5) is 13.2 Å². The molecule has 0 aliphatic carbocycles. The molecule has 0 saturated heterocycles. The minimum absolute atomic E-state index is 0.0529. The number of hydrogen-bond acceptors (Lipinski definition) is 5. The second-order valence-corrected chi connectivity index (χ2v) is 7.37. The number of carbonyl (C=O) groups is 1. The van der Waals surface area contributed by atoms with E-state index in [2.05, 4.69) is 5.10 Å². The van der Waals surface area contributed by atoms with Crippen LogP contribution < -0.4 is 9.47 Å². The summed E-state index contributed by atoms with van der Waals surface area (Å²) in [5.74, 6) is 0.126. The van der Waals surface area contributed by atoms with E-state index in [4.69, 9.17) is 21.1 Å². The summed E-state index contributed by atoms with van der Waals surface area (Å²) in [6, 6.07) is 11.0. The summed E-state index contributed by atoms with van der Waals surface area (Å²) in [5, 5.41) is 14.7. The topological polar surface area (TPSA) is 71.4 Å². The smallest absolute Gasteiger partial charge is 0.438 e. The lowest BCUT2D eigenvalue weighted by Gasteiger charge is -2.32. The Morgan fingerprint density at radius 3 is 2.57 bits per heavy atom. The van der Waals surface area contributed by atoms with Crippen LogP contribution in [0.15, 0.2) is 47.6 Å². The van der Waals surface area contributed by atoms with E-state index in [0.717, 1.165) is 0 Å². The minimum Gasteiger partial charge on any atom is -0.454 e. The first-order valence-electron chi connectivity index (χ1n) is 9.01. The minimum atomic E-state index is -5.08. The maximum atomic E-state index is 13.7. The SMILES string of the molecule is O=C(CCc1ccc2c(c1)OCO2)N1N=C(c2ccc(Cl)cc2)C[C@@]1(O)C(F)(F)F. The number of carbonyl (C=O) groups excluding carboxylic acids is 1. The number of rotatable bonds is 4. The zero-order valence-electron chi connectivity index (χ0n) is 15.4. The molecule has 0 radical (unpaired) electrons. The number of fused-ring (bicyclic) bond motifs is 1. The molecule has 0 saturated carbocycles. The third-order valence-corrected chi connectivity index (χ3v) is 5.17. The average molecular weight is 441 g/mol. The van der Waals surface area contributed by atoms with Crippen LogP contribution in [0.5, 0.6) is 11.5 Å². The van der Waals surface area contributed by atoms with Crippen LogP contribution in [0, 0.1) is 0 Å². The van der Waals surface area contributed by atoms with Gasteiger partial charge in [-0.2, -0.15) is 23.3 Å². The lowest BCUT2D eigenvalue weighted by atomic mass is 10.0. The van der Waals surface area contributed by atoms with E-state index < -0.39 is 24.2 Å². The summed E-state index contributed by atoms with van der Waals surface area (Å²) in [5.41, 5.74) is -2.44. The van der Waals surface area contributed by atoms with Crippen LogP contribution in [-0.2, 0) is 11.2 Å². The van der Waals surface area contributed by atoms with Crippen LogP contribution >= 0.6 is 11.6 Å². The Morgan fingerprint density at radius 2 is 1.87 bits per heavy atom. The third-order valence-electron chi connectivity index (χ3n) is 4.92. The van der Waals surface area contributed by atoms with Gasteiger partial charge in [0.05, 0.1) is 12.1 Å².